The highest BCUT2D eigenvalue weighted by Gasteiger charge is 2.20. The van der Waals surface area contributed by atoms with Crippen molar-refractivity contribution in [2.75, 3.05) is 37.0 Å². The van der Waals surface area contributed by atoms with Crippen molar-refractivity contribution < 1.29 is 9.53 Å². The lowest BCUT2D eigenvalue weighted by molar-refractivity contribution is 0.102. The van der Waals surface area contributed by atoms with Crippen molar-refractivity contribution >= 4 is 23.5 Å². The second-order valence-corrected chi connectivity index (χ2v) is 7.23. The average Bonchev–Trinajstić information content (AvgIpc) is 3.10. The molecule has 0 radical (unpaired) electrons. The van der Waals surface area contributed by atoms with Crippen LogP contribution in [0, 0.1) is 0 Å². The predicted molar refractivity (Wildman–Crippen MR) is 104 cm³/mol. The van der Waals surface area contributed by atoms with E-state index in [0.29, 0.717) is 19.0 Å². The number of morpholine rings is 1. The highest BCUT2D eigenvalue weighted by Crippen LogP contribution is 2.23. The molecule has 0 atom stereocenters. The van der Waals surface area contributed by atoms with Gasteiger partial charge < -0.3 is 9.64 Å². The number of Topliss-reactive ketones (excluding diaryl/α,β-unsaturated/α-hetero) is 1. The normalized spacial score (nSPS) is 14.6. The van der Waals surface area contributed by atoms with Crippen LogP contribution in [0.3, 0.4) is 0 Å². The molecule has 0 amide bonds. The highest BCUT2D eigenvalue weighted by molar-refractivity contribution is 7.99. The van der Waals surface area contributed by atoms with E-state index >= 15 is 0 Å². The predicted octanol–water partition coefficient (Wildman–Crippen LogP) is 3.06. The van der Waals surface area contributed by atoms with Crippen molar-refractivity contribution in [2.45, 2.75) is 38.4 Å². The van der Waals surface area contributed by atoms with Crippen molar-refractivity contribution in [1.82, 2.24) is 14.8 Å². The molecule has 26 heavy (non-hydrogen) atoms. The van der Waals surface area contributed by atoms with Gasteiger partial charge in [0.1, 0.15) is 0 Å². The van der Waals surface area contributed by atoms with Crippen LogP contribution in [0.4, 0.5) is 5.95 Å². The number of hydrogen-bond donors (Lipinski definition) is 0. The molecular formula is C19H26N4O2S. The van der Waals surface area contributed by atoms with E-state index in [2.05, 4.69) is 33.5 Å². The van der Waals surface area contributed by atoms with E-state index in [0.717, 1.165) is 49.1 Å². The Hall–Kier alpha value is -1.86. The lowest BCUT2D eigenvalue weighted by Gasteiger charge is -2.27. The first-order valence-corrected chi connectivity index (χ1v) is 10.2. The van der Waals surface area contributed by atoms with Gasteiger partial charge >= 0.3 is 0 Å². The van der Waals surface area contributed by atoms with Gasteiger partial charge in [0.05, 0.1) is 19.0 Å². The largest absolute Gasteiger partial charge is 0.378 e. The molecule has 0 unspecified atom stereocenters. The van der Waals surface area contributed by atoms with E-state index in [1.165, 1.54) is 17.3 Å². The number of benzene rings is 1. The zero-order chi connectivity index (χ0) is 18.4. The maximum absolute atomic E-state index is 12.5. The molecule has 7 heteroatoms. The topological polar surface area (TPSA) is 60.3 Å². The Morgan fingerprint density at radius 3 is 2.54 bits per heavy atom. The van der Waals surface area contributed by atoms with Crippen LogP contribution in [0.2, 0.25) is 0 Å². The lowest BCUT2D eigenvalue weighted by Crippen LogP contribution is -2.38. The number of carbonyl (C=O) groups excluding carboxylic acids is 1. The smallest absolute Gasteiger partial charge is 0.228 e. The Labute approximate surface area is 158 Å². The van der Waals surface area contributed by atoms with Crippen molar-refractivity contribution in [2.24, 2.45) is 0 Å². The van der Waals surface area contributed by atoms with E-state index in [9.17, 15) is 4.79 Å². The van der Waals surface area contributed by atoms with E-state index in [1.54, 1.807) is 0 Å². The van der Waals surface area contributed by atoms with Crippen LogP contribution in [0.15, 0.2) is 29.4 Å². The number of ketones is 1. The molecule has 0 aliphatic carbocycles. The van der Waals surface area contributed by atoms with Crippen LogP contribution in [0.25, 0.3) is 0 Å². The molecule has 6 nitrogen and oxygen atoms in total. The van der Waals surface area contributed by atoms with Gasteiger partial charge in [0.25, 0.3) is 0 Å². The molecule has 1 aromatic heterocycles. The van der Waals surface area contributed by atoms with Crippen LogP contribution in [0.5, 0.6) is 0 Å². The third kappa shape index (κ3) is 4.45. The quantitative estimate of drug-likeness (QED) is 0.523. The second kappa shape index (κ2) is 9.19. The number of thioether (sulfide) groups is 1. The minimum absolute atomic E-state index is 0.122. The van der Waals surface area contributed by atoms with Gasteiger partial charge in [0.2, 0.25) is 5.95 Å². The highest BCUT2D eigenvalue weighted by atomic mass is 32.2. The fraction of sp³-hybridized carbons (Fsp3) is 0.526. The SMILES string of the molecule is CCCc1ccc(C(=O)CSc2nnc(N3CCOCC3)n2CC)cc1. The molecule has 2 aromatic rings. The van der Waals surface area contributed by atoms with Gasteiger partial charge in [0.15, 0.2) is 10.9 Å². The zero-order valence-electron chi connectivity index (χ0n) is 15.5. The van der Waals surface area contributed by atoms with Gasteiger partial charge in [-0.15, -0.1) is 10.2 Å². The Morgan fingerprint density at radius 2 is 1.88 bits per heavy atom. The standard InChI is InChI=1S/C19H26N4O2S/c1-3-5-15-6-8-16(9-7-15)17(24)14-26-19-21-20-18(23(19)4-2)22-10-12-25-13-11-22/h6-9H,3-5,10-14H2,1-2H3. The van der Waals surface area contributed by atoms with Crippen molar-refractivity contribution in [3.05, 3.63) is 35.4 Å². The van der Waals surface area contributed by atoms with Crippen LogP contribution in [-0.4, -0.2) is 52.6 Å². The Kier molecular flexibility index (Phi) is 6.68. The molecule has 0 bridgehead atoms. The summed E-state index contributed by atoms with van der Waals surface area (Å²) in [5.41, 5.74) is 2.03. The average molecular weight is 375 g/mol. The minimum Gasteiger partial charge on any atom is -0.378 e. The van der Waals surface area contributed by atoms with E-state index in [4.69, 9.17) is 4.74 Å². The summed E-state index contributed by atoms with van der Waals surface area (Å²) in [4.78, 5) is 14.7. The maximum atomic E-state index is 12.5. The van der Waals surface area contributed by atoms with Gasteiger partial charge in [-0.2, -0.15) is 0 Å². The molecule has 3 rings (SSSR count). The molecule has 0 saturated carbocycles. The van der Waals surface area contributed by atoms with Gasteiger partial charge in [-0.1, -0.05) is 49.4 Å². The fourth-order valence-electron chi connectivity index (χ4n) is 3.02. The van der Waals surface area contributed by atoms with E-state index in [1.807, 2.05) is 24.3 Å². The zero-order valence-corrected chi connectivity index (χ0v) is 16.3. The summed E-state index contributed by atoms with van der Waals surface area (Å²) >= 11 is 1.46. The number of ether oxygens (including phenoxy) is 1. The molecule has 2 heterocycles. The van der Waals surface area contributed by atoms with Crippen LogP contribution in [-0.2, 0) is 17.7 Å². The molecule has 1 aliphatic heterocycles. The minimum atomic E-state index is 0.122. The molecule has 0 spiro atoms. The Morgan fingerprint density at radius 1 is 1.15 bits per heavy atom. The summed E-state index contributed by atoms with van der Waals surface area (Å²) in [6.07, 6.45) is 2.16. The molecule has 1 aliphatic rings. The second-order valence-electron chi connectivity index (χ2n) is 6.29. The summed E-state index contributed by atoms with van der Waals surface area (Å²) in [5, 5.41) is 9.45. The molecule has 0 N–H and O–H groups in total. The molecule has 1 saturated heterocycles. The van der Waals surface area contributed by atoms with Gasteiger partial charge in [0, 0.05) is 25.2 Å². The Balaban J connectivity index is 1.63. The monoisotopic (exact) mass is 374 g/mol. The number of nitrogens with zero attached hydrogens (tertiary/aromatic N) is 4. The third-order valence-electron chi connectivity index (χ3n) is 4.45. The Bertz CT molecular complexity index is 724. The van der Waals surface area contributed by atoms with Gasteiger partial charge in [-0.05, 0) is 18.9 Å². The fourth-order valence-corrected chi connectivity index (χ4v) is 3.91. The molecule has 140 valence electrons. The van der Waals surface area contributed by atoms with Crippen LogP contribution < -0.4 is 4.90 Å². The number of aromatic nitrogens is 3. The third-order valence-corrected chi connectivity index (χ3v) is 5.42. The summed E-state index contributed by atoms with van der Waals surface area (Å²) in [7, 11) is 0. The van der Waals surface area contributed by atoms with E-state index in [-0.39, 0.29) is 5.78 Å². The van der Waals surface area contributed by atoms with Gasteiger partial charge in [-0.3, -0.25) is 9.36 Å². The van der Waals surface area contributed by atoms with Crippen molar-refractivity contribution in [1.29, 1.82) is 0 Å². The number of rotatable bonds is 8. The number of anilines is 1. The van der Waals surface area contributed by atoms with Crippen molar-refractivity contribution in [3.63, 3.8) is 0 Å². The molecule has 1 fully saturated rings. The first kappa shape index (κ1) is 18.9. The maximum Gasteiger partial charge on any atom is 0.228 e. The number of carbonyl (C=O) groups is 1. The van der Waals surface area contributed by atoms with Crippen LogP contribution >= 0.6 is 11.8 Å². The number of aryl methyl sites for hydroxylation is 1. The summed E-state index contributed by atoms with van der Waals surface area (Å²) in [5.74, 6) is 1.36. The number of hydrogen-bond acceptors (Lipinski definition) is 6. The molecular weight excluding hydrogens is 348 g/mol. The summed E-state index contributed by atoms with van der Waals surface area (Å²) < 4.78 is 7.48. The lowest BCUT2D eigenvalue weighted by atomic mass is 10.1. The first-order chi connectivity index (χ1) is 12.7. The molecule has 1 aromatic carbocycles. The van der Waals surface area contributed by atoms with Gasteiger partial charge in [-0.25, -0.2) is 0 Å². The summed E-state index contributed by atoms with van der Waals surface area (Å²) in [6.45, 7) is 8.09. The van der Waals surface area contributed by atoms with Crippen molar-refractivity contribution in [3.8, 4) is 0 Å². The summed E-state index contributed by atoms with van der Waals surface area (Å²) in [6, 6.07) is 7.95. The first-order valence-electron chi connectivity index (χ1n) is 9.23. The van der Waals surface area contributed by atoms with Crippen LogP contribution in [0.1, 0.15) is 36.2 Å². The van der Waals surface area contributed by atoms with E-state index < -0.39 is 0 Å².